The molecule has 0 saturated heterocycles. The molecule has 140 valence electrons. The molecule has 0 amide bonds. The van der Waals surface area contributed by atoms with Crippen molar-refractivity contribution in [3.63, 3.8) is 0 Å². The Hall–Kier alpha value is -2.40. The Kier molecular flexibility index (Phi) is 6.82. The lowest BCUT2D eigenvalue weighted by Crippen LogP contribution is -2.20. The molecule has 27 heavy (non-hydrogen) atoms. The van der Waals surface area contributed by atoms with Crippen molar-refractivity contribution >= 4 is 11.6 Å². The van der Waals surface area contributed by atoms with Crippen molar-refractivity contribution in [1.82, 2.24) is 5.32 Å². The number of ether oxygens (including phenoxy) is 1. The van der Waals surface area contributed by atoms with E-state index in [9.17, 15) is 9.50 Å². The molecule has 0 radical (unpaired) electrons. The maximum atomic E-state index is 13.1. The first-order chi connectivity index (χ1) is 13.1. The maximum Gasteiger partial charge on any atom is 0.124 e. The molecule has 0 spiro atoms. The lowest BCUT2D eigenvalue weighted by molar-refractivity contribution is 0.174. The number of hydrogen-bond donors (Lipinski definition) is 2. The molecule has 0 aromatic heterocycles. The van der Waals surface area contributed by atoms with E-state index in [-0.39, 0.29) is 12.4 Å². The lowest BCUT2D eigenvalue weighted by Gasteiger charge is -2.12. The molecule has 3 aromatic rings. The number of rotatable bonds is 8. The SMILES string of the molecule is O[C@@H](CNCc1ccc(OCc2ccc(F)cc2Cl)cc1)c1ccccc1. The summed E-state index contributed by atoms with van der Waals surface area (Å²) < 4.78 is 18.8. The summed E-state index contributed by atoms with van der Waals surface area (Å²) in [5.41, 5.74) is 2.72. The molecule has 0 bridgehead atoms. The highest BCUT2D eigenvalue weighted by Crippen LogP contribution is 2.20. The third-order valence-corrected chi connectivity index (χ3v) is 4.54. The van der Waals surface area contributed by atoms with Gasteiger partial charge in [-0.1, -0.05) is 60.1 Å². The van der Waals surface area contributed by atoms with Crippen LogP contribution in [-0.4, -0.2) is 11.7 Å². The number of hydrogen-bond acceptors (Lipinski definition) is 3. The van der Waals surface area contributed by atoms with Crippen molar-refractivity contribution in [3.05, 3.63) is 100 Å². The number of aliphatic hydroxyl groups is 1. The molecule has 0 unspecified atom stereocenters. The van der Waals surface area contributed by atoms with E-state index in [1.807, 2.05) is 54.6 Å². The molecule has 2 N–H and O–H groups in total. The van der Waals surface area contributed by atoms with Gasteiger partial charge in [-0.25, -0.2) is 4.39 Å². The standard InChI is InChI=1S/C22H21ClFNO2/c23-21-12-19(24)9-8-18(21)15-27-20-10-6-16(7-11-20)13-25-14-22(26)17-4-2-1-3-5-17/h1-12,22,25-26H,13-15H2/t22-/m0/s1. The summed E-state index contributed by atoms with van der Waals surface area (Å²) in [5, 5.41) is 13.7. The number of halogens is 2. The van der Waals surface area contributed by atoms with Crippen LogP contribution in [0.3, 0.4) is 0 Å². The van der Waals surface area contributed by atoms with Gasteiger partial charge in [0.15, 0.2) is 0 Å². The molecule has 0 aliphatic carbocycles. The van der Waals surface area contributed by atoms with Crippen LogP contribution in [0.1, 0.15) is 22.8 Å². The van der Waals surface area contributed by atoms with E-state index in [0.717, 1.165) is 16.7 Å². The molecule has 3 nitrogen and oxygen atoms in total. The minimum Gasteiger partial charge on any atom is -0.489 e. The maximum absolute atomic E-state index is 13.1. The molecule has 0 aliphatic heterocycles. The van der Waals surface area contributed by atoms with Gasteiger partial charge in [0, 0.05) is 18.7 Å². The first kappa shape index (κ1) is 19.4. The molecular formula is C22H21ClFNO2. The highest BCUT2D eigenvalue weighted by atomic mass is 35.5. The van der Waals surface area contributed by atoms with Gasteiger partial charge in [-0.3, -0.25) is 0 Å². The van der Waals surface area contributed by atoms with Crippen molar-refractivity contribution in [1.29, 1.82) is 0 Å². The largest absolute Gasteiger partial charge is 0.489 e. The van der Waals surface area contributed by atoms with Crippen molar-refractivity contribution in [2.75, 3.05) is 6.54 Å². The molecule has 0 saturated carbocycles. The van der Waals surface area contributed by atoms with Gasteiger partial charge in [0.1, 0.15) is 18.2 Å². The quantitative estimate of drug-likeness (QED) is 0.580. The van der Waals surface area contributed by atoms with Crippen molar-refractivity contribution < 1.29 is 14.2 Å². The summed E-state index contributed by atoms with van der Waals surface area (Å²) in [5.74, 6) is 0.349. The van der Waals surface area contributed by atoms with Crippen molar-refractivity contribution in [2.24, 2.45) is 0 Å². The first-order valence-electron chi connectivity index (χ1n) is 8.71. The zero-order valence-electron chi connectivity index (χ0n) is 14.7. The van der Waals surface area contributed by atoms with E-state index < -0.39 is 6.10 Å². The van der Waals surface area contributed by atoms with Gasteiger partial charge in [-0.15, -0.1) is 0 Å². The normalized spacial score (nSPS) is 12.0. The van der Waals surface area contributed by atoms with Gasteiger partial charge in [0.2, 0.25) is 0 Å². The van der Waals surface area contributed by atoms with Gasteiger partial charge in [-0.05, 0) is 35.4 Å². The minimum atomic E-state index is -0.533. The van der Waals surface area contributed by atoms with Crippen LogP contribution < -0.4 is 10.1 Å². The second-order valence-electron chi connectivity index (χ2n) is 6.23. The molecular weight excluding hydrogens is 365 g/mol. The van der Waals surface area contributed by atoms with Gasteiger partial charge in [-0.2, -0.15) is 0 Å². The minimum absolute atomic E-state index is 0.278. The smallest absolute Gasteiger partial charge is 0.124 e. The fourth-order valence-corrected chi connectivity index (χ4v) is 2.87. The summed E-state index contributed by atoms with van der Waals surface area (Å²) in [7, 11) is 0. The zero-order chi connectivity index (χ0) is 19.1. The Morgan fingerprint density at radius 2 is 1.74 bits per heavy atom. The predicted octanol–water partition coefficient (Wildman–Crippen LogP) is 4.88. The molecule has 1 atom stereocenters. The Bertz CT molecular complexity index is 856. The van der Waals surface area contributed by atoms with Crippen molar-refractivity contribution in [3.8, 4) is 5.75 Å². The summed E-state index contributed by atoms with van der Waals surface area (Å²) in [6.45, 7) is 1.40. The van der Waals surface area contributed by atoms with Crippen LogP contribution >= 0.6 is 11.6 Å². The molecule has 3 aromatic carbocycles. The first-order valence-corrected chi connectivity index (χ1v) is 9.09. The van der Waals surface area contributed by atoms with Crippen LogP contribution in [0, 0.1) is 5.82 Å². The van der Waals surface area contributed by atoms with Crippen LogP contribution in [0.15, 0.2) is 72.8 Å². The highest BCUT2D eigenvalue weighted by molar-refractivity contribution is 6.31. The number of aliphatic hydroxyl groups excluding tert-OH is 1. The summed E-state index contributed by atoms with van der Waals surface area (Å²) >= 11 is 6.00. The van der Waals surface area contributed by atoms with Crippen LogP contribution in [0.5, 0.6) is 5.75 Å². The van der Waals surface area contributed by atoms with Gasteiger partial charge >= 0.3 is 0 Å². The Morgan fingerprint density at radius 1 is 1.00 bits per heavy atom. The zero-order valence-corrected chi connectivity index (χ0v) is 15.5. The fraction of sp³-hybridized carbons (Fsp3) is 0.182. The lowest BCUT2D eigenvalue weighted by atomic mass is 10.1. The van der Waals surface area contributed by atoms with E-state index in [1.54, 1.807) is 6.07 Å². The van der Waals surface area contributed by atoms with Crippen LogP contribution in [0.4, 0.5) is 4.39 Å². The van der Waals surface area contributed by atoms with E-state index in [1.165, 1.54) is 12.1 Å². The molecule has 3 rings (SSSR count). The Balaban J connectivity index is 1.46. The number of nitrogens with one attached hydrogen (secondary N) is 1. The van der Waals surface area contributed by atoms with E-state index in [2.05, 4.69) is 5.32 Å². The van der Waals surface area contributed by atoms with Crippen LogP contribution in [0.2, 0.25) is 5.02 Å². The van der Waals surface area contributed by atoms with Crippen molar-refractivity contribution in [2.45, 2.75) is 19.3 Å². The molecule has 5 heteroatoms. The van der Waals surface area contributed by atoms with Crippen LogP contribution in [0.25, 0.3) is 0 Å². The third kappa shape index (κ3) is 5.79. The van der Waals surface area contributed by atoms with E-state index >= 15 is 0 Å². The van der Waals surface area contributed by atoms with E-state index in [0.29, 0.717) is 23.9 Å². The summed E-state index contributed by atoms with van der Waals surface area (Å²) in [6.07, 6.45) is -0.533. The Labute approximate surface area is 163 Å². The average molecular weight is 386 g/mol. The second-order valence-corrected chi connectivity index (χ2v) is 6.63. The number of benzene rings is 3. The fourth-order valence-electron chi connectivity index (χ4n) is 2.65. The average Bonchev–Trinajstić information content (AvgIpc) is 2.69. The van der Waals surface area contributed by atoms with Gasteiger partial charge in [0.25, 0.3) is 0 Å². The Morgan fingerprint density at radius 3 is 2.44 bits per heavy atom. The topological polar surface area (TPSA) is 41.5 Å². The van der Waals surface area contributed by atoms with Crippen LogP contribution in [-0.2, 0) is 13.2 Å². The molecule has 0 aliphatic rings. The van der Waals surface area contributed by atoms with Gasteiger partial charge < -0.3 is 15.2 Å². The predicted molar refractivity (Wildman–Crippen MR) is 105 cm³/mol. The molecule has 0 fully saturated rings. The summed E-state index contributed by atoms with van der Waals surface area (Å²) in [4.78, 5) is 0. The third-order valence-electron chi connectivity index (χ3n) is 4.18. The monoisotopic (exact) mass is 385 g/mol. The second kappa shape index (κ2) is 9.51. The van der Waals surface area contributed by atoms with E-state index in [4.69, 9.17) is 16.3 Å². The molecule has 0 heterocycles. The van der Waals surface area contributed by atoms with Gasteiger partial charge in [0.05, 0.1) is 11.1 Å². The highest BCUT2D eigenvalue weighted by Gasteiger charge is 2.06. The summed E-state index contributed by atoms with van der Waals surface area (Å²) in [6, 6.07) is 21.5.